The molecule has 0 saturated carbocycles. The predicted octanol–water partition coefficient (Wildman–Crippen LogP) is 2.28. The Hall–Kier alpha value is -2.17. The Bertz CT molecular complexity index is 912. The highest BCUT2D eigenvalue weighted by molar-refractivity contribution is 5.51. The maximum Gasteiger partial charge on any atom is 0.160 e. The molecule has 9 heteroatoms. The zero-order valence-corrected chi connectivity index (χ0v) is 20.4. The van der Waals surface area contributed by atoms with Crippen LogP contribution in [0.25, 0.3) is 0 Å². The van der Waals surface area contributed by atoms with Crippen LogP contribution in [0.2, 0.25) is 0 Å². The lowest BCUT2D eigenvalue weighted by Crippen LogP contribution is -2.63. The van der Waals surface area contributed by atoms with Gasteiger partial charge in [-0.2, -0.15) is 5.10 Å². The Morgan fingerprint density at radius 2 is 1.88 bits per heavy atom. The van der Waals surface area contributed by atoms with Crippen LogP contribution in [0.1, 0.15) is 56.6 Å². The summed E-state index contributed by atoms with van der Waals surface area (Å²) in [6, 6.07) is 8.07. The van der Waals surface area contributed by atoms with E-state index in [1.807, 2.05) is 29.1 Å². The Kier molecular flexibility index (Phi) is 7.55. The van der Waals surface area contributed by atoms with E-state index in [1.165, 1.54) is 5.56 Å². The number of nitrogens with zero attached hydrogens (tertiary/aromatic N) is 5. The van der Waals surface area contributed by atoms with Gasteiger partial charge >= 0.3 is 0 Å². The average Bonchev–Trinajstić information content (AvgIpc) is 3.27. The molecule has 1 fully saturated rings. The van der Waals surface area contributed by atoms with Gasteiger partial charge in [-0.1, -0.05) is 26.0 Å². The van der Waals surface area contributed by atoms with E-state index in [-0.39, 0.29) is 12.3 Å². The molecular weight excluding hydrogens is 418 g/mol. The summed E-state index contributed by atoms with van der Waals surface area (Å²) >= 11 is 0. The third kappa shape index (κ3) is 4.88. The maximum absolute atomic E-state index is 6.95. The molecule has 9 nitrogen and oxygen atoms in total. The number of rotatable bonds is 8. The Balaban J connectivity index is 1.61. The minimum atomic E-state index is -0.459. The van der Waals surface area contributed by atoms with Gasteiger partial charge < -0.3 is 14.4 Å². The number of hydrogen-bond donors (Lipinski definition) is 2. The molecule has 0 bridgehead atoms. The first-order valence-corrected chi connectivity index (χ1v) is 12.0. The summed E-state index contributed by atoms with van der Waals surface area (Å²) in [5.41, 5.74) is 16.0. The molecule has 4 N–H and O–H groups in total. The van der Waals surface area contributed by atoms with Gasteiger partial charge in [-0.3, -0.25) is 16.4 Å². The number of benzene rings is 1. The molecule has 2 aromatic rings. The van der Waals surface area contributed by atoms with Crippen LogP contribution in [0.3, 0.4) is 0 Å². The van der Waals surface area contributed by atoms with Crippen LogP contribution < -0.4 is 21.1 Å². The number of hydrogen-bond acceptors (Lipinski definition) is 8. The van der Waals surface area contributed by atoms with Crippen LogP contribution in [0.15, 0.2) is 30.5 Å². The van der Waals surface area contributed by atoms with Crippen molar-refractivity contribution >= 4 is 5.82 Å². The van der Waals surface area contributed by atoms with E-state index >= 15 is 0 Å². The van der Waals surface area contributed by atoms with Crippen molar-refractivity contribution in [1.29, 1.82) is 0 Å². The standard InChI is InChI=1S/C24H39N7O2/c1-17(2)21-16-27-31-22(21)29(10-6-9-28-11-13-33-14-12-28)23(25)30(24(31)26)18(3)19-7-5-8-20(15-19)32-4/h5,7-8,15-18,23-24H,6,9-14,25-26H2,1-4H3. The highest BCUT2D eigenvalue weighted by Gasteiger charge is 2.40. The van der Waals surface area contributed by atoms with Gasteiger partial charge in [-0.25, -0.2) is 9.58 Å². The molecule has 33 heavy (non-hydrogen) atoms. The molecule has 1 aromatic carbocycles. The van der Waals surface area contributed by atoms with Gasteiger partial charge in [0.2, 0.25) is 0 Å². The van der Waals surface area contributed by atoms with Gasteiger partial charge in [0.05, 0.1) is 26.5 Å². The first kappa shape index (κ1) is 24.0. The van der Waals surface area contributed by atoms with Crippen LogP contribution in [0.4, 0.5) is 5.82 Å². The number of ether oxygens (including phenoxy) is 2. The van der Waals surface area contributed by atoms with Crippen molar-refractivity contribution in [1.82, 2.24) is 19.6 Å². The van der Waals surface area contributed by atoms with Crippen molar-refractivity contribution in [2.45, 2.75) is 51.7 Å². The molecule has 3 unspecified atom stereocenters. The number of methoxy groups -OCH3 is 1. The fraction of sp³-hybridized carbons (Fsp3) is 0.625. The average molecular weight is 458 g/mol. The molecule has 2 aliphatic rings. The SMILES string of the molecule is COc1cccc(C(C)N2C(N)N(CCCN3CCOCC3)c3c(C(C)C)cnn3C2N)c1. The van der Waals surface area contributed by atoms with Gasteiger partial charge in [0.25, 0.3) is 0 Å². The summed E-state index contributed by atoms with van der Waals surface area (Å²) in [4.78, 5) is 6.87. The summed E-state index contributed by atoms with van der Waals surface area (Å²) in [6.07, 6.45) is 2.13. The molecule has 1 aromatic heterocycles. The first-order chi connectivity index (χ1) is 15.9. The highest BCUT2D eigenvalue weighted by atomic mass is 16.5. The number of anilines is 1. The van der Waals surface area contributed by atoms with E-state index in [1.54, 1.807) is 7.11 Å². The molecule has 3 heterocycles. The molecule has 2 aliphatic heterocycles. The van der Waals surface area contributed by atoms with Gasteiger partial charge in [0.1, 0.15) is 17.9 Å². The smallest absolute Gasteiger partial charge is 0.160 e. The van der Waals surface area contributed by atoms with Crippen LogP contribution in [-0.4, -0.2) is 72.4 Å². The predicted molar refractivity (Wildman–Crippen MR) is 130 cm³/mol. The van der Waals surface area contributed by atoms with E-state index in [9.17, 15) is 0 Å². The minimum absolute atomic E-state index is 0.0216. The van der Waals surface area contributed by atoms with Crippen molar-refractivity contribution in [3.05, 3.63) is 41.6 Å². The number of morpholine rings is 1. The molecule has 182 valence electrons. The van der Waals surface area contributed by atoms with Crippen LogP contribution in [0.5, 0.6) is 5.75 Å². The van der Waals surface area contributed by atoms with Crippen molar-refractivity contribution in [2.75, 3.05) is 51.4 Å². The van der Waals surface area contributed by atoms with E-state index in [4.69, 9.17) is 26.0 Å². The molecule has 1 saturated heterocycles. The first-order valence-electron chi connectivity index (χ1n) is 12.0. The molecule has 0 radical (unpaired) electrons. The van der Waals surface area contributed by atoms with Crippen LogP contribution >= 0.6 is 0 Å². The summed E-state index contributed by atoms with van der Waals surface area (Å²) in [5.74, 6) is 2.20. The van der Waals surface area contributed by atoms with Crippen molar-refractivity contribution in [2.24, 2.45) is 11.5 Å². The molecule has 4 rings (SSSR count). The summed E-state index contributed by atoms with van der Waals surface area (Å²) in [5, 5.41) is 4.70. The lowest BCUT2D eigenvalue weighted by molar-refractivity contribution is 0.0206. The molecule has 3 atom stereocenters. The largest absolute Gasteiger partial charge is 0.497 e. The maximum atomic E-state index is 6.95. The third-order valence-electron chi connectivity index (χ3n) is 6.87. The van der Waals surface area contributed by atoms with Crippen molar-refractivity contribution < 1.29 is 9.47 Å². The number of nitrogens with two attached hydrogens (primary N) is 2. The van der Waals surface area contributed by atoms with Crippen molar-refractivity contribution in [3.63, 3.8) is 0 Å². The summed E-state index contributed by atoms with van der Waals surface area (Å²) in [6.45, 7) is 12.0. The normalized spacial score (nSPS) is 23.1. The third-order valence-corrected chi connectivity index (χ3v) is 6.87. The monoisotopic (exact) mass is 457 g/mol. The Morgan fingerprint density at radius 1 is 1.12 bits per heavy atom. The van der Waals surface area contributed by atoms with E-state index in [0.29, 0.717) is 5.92 Å². The Morgan fingerprint density at radius 3 is 2.58 bits per heavy atom. The second-order valence-corrected chi connectivity index (χ2v) is 9.25. The van der Waals surface area contributed by atoms with Crippen LogP contribution in [-0.2, 0) is 4.74 Å². The van der Waals surface area contributed by atoms with E-state index < -0.39 is 6.29 Å². The zero-order valence-electron chi connectivity index (χ0n) is 20.4. The van der Waals surface area contributed by atoms with Gasteiger partial charge in [0, 0.05) is 37.8 Å². The molecule has 0 spiro atoms. The van der Waals surface area contributed by atoms with Crippen molar-refractivity contribution in [3.8, 4) is 5.75 Å². The van der Waals surface area contributed by atoms with Gasteiger partial charge in [-0.15, -0.1) is 0 Å². The fourth-order valence-corrected chi connectivity index (χ4v) is 4.90. The Labute approximate surface area is 197 Å². The topological polar surface area (TPSA) is 98.0 Å². The van der Waals surface area contributed by atoms with E-state index in [2.05, 4.69) is 41.5 Å². The number of fused-ring (bicyclic) bond motifs is 1. The highest BCUT2D eigenvalue weighted by Crippen LogP contribution is 2.39. The van der Waals surface area contributed by atoms with Gasteiger partial charge in [-0.05, 0) is 37.0 Å². The number of aromatic nitrogens is 2. The molecular formula is C24H39N7O2. The molecule has 0 aliphatic carbocycles. The summed E-state index contributed by atoms with van der Waals surface area (Å²) < 4.78 is 12.9. The summed E-state index contributed by atoms with van der Waals surface area (Å²) in [7, 11) is 1.68. The fourth-order valence-electron chi connectivity index (χ4n) is 4.90. The lowest BCUT2D eigenvalue weighted by atomic mass is 10.0. The molecule has 0 amide bonds. The minimum Gasteiger partial charge on any atom is -0.497 e. The second-order valence-electron chi connectivity index (χ2n) is 9.25. The van der Waals surface area contributed by atoms with Gasteiger partial charge in [0.15, 0.2) is 6.29 Å². The van der Waals surface area contributed by atoms with Crippen LogP contribution in [0, 0.1) is 0 Å². The zero-order chi connectivity index (χ0) is 23.5. The quantitative estimate of drug-likeness (QED) is 0.623. The second kappa shape index (κ2) is 10.4. The lowest BCUT2D eigenvalue weighted by Gasteiger charge is -2.49. The van der Waals surface area contributed by atoms with E-state index in [0.717, 1.165) is 62.9 Å².